The van der Waals surface area contributed by atoms with Crippen molar-refractivity contribution in [2.45, 2.75) is 19.0 Å². The van der Waals surface area contributed by atoms with E-state index in [1.807, 2.05) is 6.92 Å². The lowest BCUT2D eigenvalue weighted by Gasteiger charge is -2.34. The van der Waals surface area contributed by atoms with E-state index in [0.29, 0.717) is 0 Å². The van der Waals surface area contributed by atoms with Crippen LogP contribution in [0.2, 0.25) is 0 Å². The van der Waals surface area contributed by atoms with Crippen molar-refractivity contribution in [3.63, 3.8) is 0 Å². The van der Waals surface area contributed by atoms with Crippen LogP contribution in [0.15, 0.2) is 12.2 Å². The molecule has 15 heavy (non-hydrogen) atoms. The molecule has 2 N–H and O–H groups in total. The maximum absolute atomic E-state index is 11.4. The Bertz CT molecular complexity index is 290. The third kappa shape index (κ3) is 1.93. The first-order valence-corrected chi connectivity index (χ1v) is 5.19. The lowest BCUT2D eigenvalue weighted by Crippen LogP contribution is -2.58. The van der Waals surface area contributed by atoms with Crippen LogP contribution in [0.1, 0.15) is 6.92 Å². The Morgan fingerprint density at radius 1 is 1.33 bits per heavy atom. The monoisotopic (exact) mass is 209 g/mol. The van der Waals surface area contributed by atoms with Crippen LogP contribution < -0.4 is 10.6 Å². The second kappa shape index (κ2) is 4.12. The Labute approximate surface area is 88.5 Å². The molecule has 2 heterocycles. The fourth-order valence-corrected chi connectivity index (χ4v) is 2.01. The zero-order valence-electron chi connectivity index (χ0n) is 8.69. The quantitative estimate of drug-likeness (QED) is 0.564. The number of amides is 2. The zero-order chi connectivity index (χ0) is 10.8. The van der Waals surface area contributed by atoms with Crippen molar-refractivity contribution in [1.82, 2.24) is 15.5 Å². The summed E-state index contributed by atoms with van der Waals surface area (Å²) in [5, 5.41) is 6.54. The molecule has 2 amide bonds. The van der Waals surface area contributed by atoms with Crippen LogP contribution in [0.3, 0.4) is 0 Å². The molecule has 2 atom stereocenters. The summed E-state index contributed by atoms with van der Waals surface area (Å²) in [6.07, 6.45) is 2.66. The smallest absolute Gasteiger partial charge is 0.253 e. The van der Waals surface area contributed by atoms with E-state index in [9.17, 15) is 9.59 Å². The maximum atomic E-state index is 11.4. The fraction of sp³-hybridized carbons (Fsp3) is 0.600. The number of carbonyl (C=O) groups excluding carboxylic acids is 2. The molecule has 2 aliphatic heterocycles. The van der Waals surface area contributed by atoms with Crippen LogP contribution in [0, 0.1) is 0 Å². The molecule has 0 aliphatic carbocycles. The number of hydrogen-bond donors (Lipinski definition) is 2. The van der Waals surface area contributed by atoms with Gasteiger partial charge in [-0.15, -0.1) is 0 Å². The van der Waals surface area contributed by atoms with Crippen molar-refractivity contribution in [1.29, 1.82) is 0 Å². The average molecular weight is 209 g/mol. The number of nitrogens with one attached hydrogen (secondary N) is 2. The maximum Gasteiger partial charge on any atom is 0.253 e. The second-order valence-electron chi connectivity index (χ2n) is 3.89. The minimum absolute atomic E-state index is 0.104. The molecule has 1 saturated heterocycles. The molecule has 5 nitrogen and oxygen atoms in total. The molecule has 0 spiro atoms. The summed E-state index contributed by atoms with van der Waals surface area (Å²) in [5.41, 5.74) is 0. The highest BCUT2D eigenvalue weighted by molar-refractivity contribution is 6.13. The van der Waals surface area contributed by atoms with Crippen molar-refractivity contribution < 1.29 is 9.59 Å². The van der Waals surface area contributed by atoms with Crippen molar-refractivity contribution in [3.05, 3.63) is 12.2 Å². The number of imide groups is 1. The predicted molar refractivity (Wildman–Crippen MR) is 55.1 cm³/mol. The molecule has 0 aromatic carbocycles. The molecule has 0 saturated carbocycles. The van der Waals surface area contributed by atoms with Crippen molar-refractivity contribution in [2.24, 2.45) is 0 Å². The summed E-state index contributed by atoms with van der Waals surface area (Å²) in [6, 6.07) is 0.0411. The van der Waals surface area contributed by atoms with Crippen LogP contribution in [-0.4, -0.2) is 48.4 Å². The van der Waals surface area contributed by atoms with Gasteiger partial charge in [-0.05, 0) is 6.92 Å². The summed E-state index contributed by atoms with van der Waals surface area (Å²) in [7, 11) is 0. The van der Waals surface area contributed by atoms with E-state index in [1.165, 1.54) is 17.1 Å². The summed E-state index contributed by atoms with van der Waals surface area (Å²) >= 11 is 0. The Hall–Kier alpha value is -1.20. The third-order valence-electron chi connectivity index (χ3n) is 2.91. The van der Waals surface area contributed by atoms with Gasteiger partial charge in [0.05, 0.1) is 6.04 Å². The van der Waals surface area contributed by atoms with E-state index in [4.69, 9.17) is 0 Å². The van der Waals surface area contributed by atoms with Gasteiger partial charge in [0.2, 0.25) is 0 Å². The van der Waals surface area contributed by atoms with E-state index in [1.54, 1.807) is 0 Å². The number of piperazine rings is 1. The van der Waals surface area contributed by atoms with Gasteiger partial charge in [-0.25, -0.2) is 0 Å². The Kier molecular flexibility index (Phi) is 2.83. The molecule has 2 unspecified atom stereocenters. The summed E-state index contributed by atoms with van der Waals surface area (Å²) in [6.45, 7) is 4.49. The van der Waals surface area contributed by atoms with E-state index < -0.39 is 0 Å². The molecule has 82 valence electrons. The number of hydrogen-bond acceptors (Lipinski definition) is 4. The molecule has 1 fully saturated rings. The highest BCUT2D eigenvalue weighted by Crippen LogP contribution is 2.12. The first-order chi connectivity index (χ1) is 7.20. The Morgan fingerprint density at radius 2 is 2.00 bits per heavy atom. The van der Waals surface area contributed by atoms with Gasteiger partial charge in [0.25, 0.3) is 11.8 Å². The van der Waals surface area contributed by atoms with E-state index in [0.717, 1.165) is 19.6 Å². The van der Waals surface area contributed by atoms with Crippen molar-refractivity contribution in [2.75, 3.05) is 19.6 Å². The minimum Gasteiger partial charge on any atom is -0.314 e. The van der Waals surface area contributed by atoms with Crippen LogP contribution in [0.5, 0.6) is 0 Å². The zero-order valence-corrected chi connectivity index (χ0v) is 8.69. The van der Waals surface area contributed by atoms with Crippen LogP contribution in [0.4, 0.5) is 0 Å². The highest BCUT2D eigenvalue weighted by atomic mass is 16.2. The molecule has 2 aliphatic rings. The van der Waals surface area contributed by atoms with Gasteiger partial charge >= 0.3 is 0 Å². The van der Waals surface area contributed by atoms with Gasteiger partial charge in [-0.2, -0.15) is 0 Å². The minimum atomic E-state index is -0.208. The third-order valence-corrected chi connectivity index (χ3v) is 2.91. The lowest BCUT2D eigenvalue weighted by molar-refractivity contribution is -0.139. The number of carbonyl (C=O) groups is 2. The summed E-state index contributed by atoms with van der Waals surface area (Å²) in [4.78, 5) is 24.2. The molecule has 0 radical (unpaired) electrons. The van der Waals surface area contributed by atoms with E-state index in [2.05, 4.69) is 10.6 Å². The normalized spacial score (nSPS) is 28.6. The van der Waals surface area contributed by atoms with Gasteiger partial charge in [0.15, 0.2) is 0 Å². The number of nitrogens with zero attached hydrogens (tertiary/aromatic N) is 1. The second-order valence-corrected chi connectivity index (χ2v) is 3.89. The molecule has 0 aromatic heterocycles. The standard InChI is InChI=1S/C10H15N3O2/c1-7(8-6-11-4-5-12-8)13-9(14)2-3-10(13)15/h2-3,7-8,11-12H,4-6H2,1H3. The molecule has 5 heteroatoms. The topological polar surface area (TPSA) is 61.4 Å². The van der Waals surface area contributed by atoms with Crippen molar-refractivity contribution >= 4 is 11.8 Å². The molecule has 0 aromatic rings. The van der Waals surface area contributed by atoms with Gasteiger partial charge in [-0.1, -0.05) is 0 Å². The summed E-state index contributed by atoms with van der Waals surface area (Å²) < 4.78 is 0. The Balaban J connectivity index is 2.03. The van der Waals surface area contributed by atoms with E-state index >= 15 is 0 Å². The first kappa shape index (κ1) is 10.3. The highest BCUT2D eigenvalue weighted by Gasteiger charge is 2.33. The van der Waals surface area contributed by atoms with Gasteiger partial charge in [-0.3, -0.25) is 14.5 Å². The summed E-state index contributed by atoms with van der Waals surface area (Å²) in [5.74, 6) is -0.417. The number of rotatable bonds is 2. The van der Waals surface area contributed by atoms with Gasteiger partial charge in [0.1, 0.15) is 0 Å². The lowest BCUT2D eigenvalue weighted by atomic mass is 10.1. The Morgan fingerprint density at radius 3 is 2.53 bits per heavy atom. The SMILES string of the molecule is CC(C1CNCCN1)N1C(=O)C=CC1=O. The average Bonchev–Trinajstić information content (AvgIpc) is 2.59. The van der Waals surface area contributed by atoms with Crippen LogP contribution in [0.25, 0.3) is 0 Å². The van der Waals surface area contributed by atoms with Gasteiger partial charge < -0.3 is 10.6 Å². The van der Waals surface area contributed by atoms with Crippen LogP contribution >= 0.6 is 0 Å². The van der Waals surface area contributed by atoms with Crippen LogP contribution in [-0.2, 0) is 9.59 Å². The molecule has 2 rings (SSSR count). The molecular formula is C10H15N3O2. The first-order valence-electron chi connectivity index (χ1n) is 5.19. The largest absolute Gasteiger partial charge is 0.314 e. The van der Waals surface area contributed by atoms with Crippen molar-refractivity contribution in [3.8, 4) is 0 Å². The fourth-order valence-electron chi connectivity index (χ4n) is 2.01. The molecule has 0 bridgehead atoms. The van der Waals surface area contributed by atoms with E-state index in [-0.39, 0.29) is 23.9 Å². The van der Waals surface area contributed by atoms with Gasteiger partial charge in [0, 0.05) is 37.8 Å². The molecular weight excluding hydrogens is 194 g/mol. The predicted octanol–water partition coefficient (Wildman–Crippen LogP) is -1.14.